The normalized spacial score (nSPS) is 17.3. The van der Waals surface area contributed by atoms with Crippen LogP contribution in [0.4, 0.5) is 0 Å². The number of likely N-dealkylation sites (tertiary alicyclic amines) is 1. The zero-order valence-electron chi connectivity index (χ0n) is 12.9. The van der Waals surface area contributed by atoms with E-state index in [1.54, 1.807) is 0 Å². The number of fused-ring (bicyclic) bond motifs is 1. The van der Waals surface area contributed by atoms with E-state index in [1.807, 2.05) is 29.3 Å². The van der Waals surface area contributed by atoms with Crippen LogP contribution >= 0.6 is 12.4 Å². The van der Waals surface area contributed by atoms with Crippen LogP contribution in [0.2, 0.25) is 0 Å². The number of hydrogen-bond donors (Lipinski definition) is 2. The number of aromatic nitrogens is 1. The number of hydrogen-bond acceptors (Lipinski definition) is 2. The lowest BCUT2D eigenvalue weighted by Gasteiger charge is -2.32. The molecule has 0 saturated carbocycles. The van der Waals surface area contributed by atoms with Gasteiger partial charge in [0.15, 0.2) is 0 Å². The van der Waals surface area contributed by atoms with E-state index in [-0.39, 0.29) is 18.3 Å². The van der Waals surface area contributed by atoms with Crippen LogP contribution in [0.25, 0.3) is 10.9 Å². The maximum atomic E-state index is 12.5. The van der Waals surface area contributed by atoms with Crippen molar-refractivity contribution in [3.63, 3.8) is 0 Å². The second-order valence-corrected chi connectivity index (χ2v) is 6.18. The highest BCUT2D eigenvalue weighted by molar-refractivity contribution is 5.86. The second kappa shape index (κ2) is 7.16. The minimum atomic E-state index is -0.447. The molecule has 1 aliphatic rings. The molecule has 3 N–H and O–H groups in total. The van der Waals surface area contributed by atoms with Crippen LogP contribution in [0.1, 0.15) is 25.3 Å². The molecular weight excluding hydrogens is 298 g/mol. The van der Waals surface area contributed by atoms with Gasteiger partial charge in [0, 0.05) is 30.2 Å². The van der Waals surface area contributed by atoms with Gasteiger partial charge in [0.2, 0.25) is 5.91 Å². The standard InChI is InChI=1S/C17H23N3O.ClH/c1-12-6-8-20(9-7-12)17(21)15(18)10-13-11-19-16-5-3-2-4-14(13)16;/h2-5,11-12,15,19H,6-10,18H2,1H3;1H. The zero-order valence-corrected chi connectivity index (χ0v) is 13.7. The number of nitrogens with zero attached hydrogens (tertiary/aromatic N) is 1. The molecule has 3 rings (SSSR count). The van der Waals surface area contributed by atoms with Gasteiger partial charge in [-0.25, -0.2) is 0 Å². The Bertz CT molecular complexity index is 632. The highest BCUT2D eigenvalue weighted by Gasteiger charge is 2.25. The molecule has 1 fully saturated rings. The summed E-state index contributed by atoms with van der Waals surface area (Å²) in [6, 6.07) is 7.68. The molecule has 5 heteroatoms. The molecule has 1 aromatic heterocycles. The molecule has 2 heterocycles. The molecule has 120 valence electrons. The molecule has 0 spiro atoms. The Morgan fingerprint density at radius 1 is 1.36 bits per heavy atom. The minimum Gasteiger partial charge on any atom is -0.361 e. The highest BCUT2D eigenvalue weighted by atomic mass is 35.5. The maximum Gasteiger partial charge on any atom is 0.239 e. The Morgan fingerprint density at radius 3 is 2.77 bits per heavy atom. The lowest BCUT2D eigenvalue weighted by Crippen LogP contribution is -2.47. The van der Waals surface area contributed by atoms with Crippen LogP contribution in [0.5, 0.6) is 0 Å². The third kappa shape index (κ3) is 3.45. The Labute approximate surface area is 137 Å². The van der Waals surface area contributed by atoms with Crippen molar-refractivity contribution in [1.29, 1.82) is 0 Å². The van der Waals surface area contributed by atoms with Gasteiger partial charge in [0.25, 0.3) is 0 Å². The number of carbonyl (C=O) groups excluding carboxylic acids is 1. The number of halogens is 1. The first-order valence-electron chi connectivity index (χ1n) is 7.74. The molecule has 2 aromatic rings. The quantitative estimate of drug-likeness (QED) is 0.913. The van der Waals surface area contributed by atoms with Gasteiger partial charge in [-0.05, 0) is 36.8 Å². The highest BCUT2D eigenvalue weighted by Crippen LogP contribution is 2.20. The second-order valence-electron chi connectivity index (χ2n) is 6.18. The molecule has 1 saturated heterocycles. The Morgan fingerprint density at radius 2 is 2.05 bits per heavy atom. The van der Waals surface area contributed by atoms with Gasteiger partial charge in [-0.2, -0.15) is 0 Å². The average Bonchev–Trinajstić information content (AvgIpc) is 2.91. The summed E-state index contributed by atoms with van der Waals surface area (Å²) >= 11 is 0. The van der Waals surface area contributed by atoms with E-state index in [4.69, 9.17) is 5.73 Å². The molecule has 4 nitrogen and oxygen atoms in total. The fourth-order valence-electron chi connectivity index (χ4n) is 3.09. The van der Waals surface area contributed by atoms with Crippen molar-refractivity contribution in [2.24, 2.45) is 11.7 Å². The number of carbonyl (C=O) groups is 1. The van der Waals surface area contributed by atoms with Gasteiger partial charge >= 0.3 is 0 Å². The van der Waals surface area contributed by atoms with Crippen molar-refractivity contribution in [2.45, 2.75) is 32.2 Å². The van der Waals surface area contributed by atoms with Crippen molar-refractivity contribution in [1.82, 2.24) is 9.88 Å². The SMILES string of the molecule is CC1CCN(C(=O)C(N)Cc2c[nH]c3ccccc23)CC1.Cl. The first-order valence-corrected chi connectivity index (χ1v) is 7.74. The topological polar surface area (TPSA) is 62.1 Å². The van der Waals surface area contributed by atoms with Crippen LogP contribution in [0.3, 0.4) is 0 Å². The molecule has 0 aliphatic carbocycles. The number of piperidine rings is 1. The predicted octanol–water partition coefficient (Wildman–Crippen LogP) is 2.72. The number of para-hydroxylation sites is 1. The van der Waals surface area contributed by atoms with E-state index >= 15 is 0 Å². The Hall–Kier alpha value is -1.52. The van der Waals surface area contributed by atoms with Crippen LogP contribution in [0, 0.1) is 5.92 Å². The first kappa shape index (κ1) is 16.8. The third-order valence-corrected chi connectivity index (χ3v) is 4.53. The summed E-state index contributed by atoms with van der Waals surface area (Å²) in [7, 11) is 0. The lowest BCUT2D eigenvalue weighted by atomic mass is 9.98. The molecular formula is C17H24ClN3O. The van der Waals surface area contributed by atoms with Gasteiger partial charge in [0.05, 0.1) is 6.04 Å². The van der Waals surface area contributed by atoms with E-state index in [2.05, 4.69) is 18.0 Å². The minimum absolute atomic E-state index is 0. The van der Waals surface area contributed by atoms with Gasteiger partial charge in [-0.1, -0.05) is 25.1 Å². The van der Waals surface area contributed by atoms with Gasteiger partial charge in [-0.15, -0.1) is 12.4 Å². The largest absolute Gasteiger partial charge is 0.361 e. The van der Waals surface area contributed by atoms with Crippen LogP contribution < -0.4 is 5.73 Å². The Kier molecular flexibility index (Phi) is 5.48. The molecule has 22 heavy (non-hydrogen) atoms. The third-order valence-electron chi connectivity index (χ3n) is 4.53. The smallest absolute Gasteiger partial charge is 0.239 e. The molecule has 0 radical (unpaired) electrons. The van der Waals surface area contributed by atoms with E-state index in [1.165, 1.54) is 0 Å². The van der Waals surface area contributed by atoms with Crippen molar-refractivity contribution in [3.8, 4) is 0 Å². The summed E-state index contributed by atoms with van der Waals surface area (Å²) < 4.78 is 0. The molecule has 1 atom stereocenters. The predicted molar refractivity (Wildman–Crippen MR) is 92.2 cm³/mol. The van der Waals surface area contributed by atoms with Crippen LogP contribution in [-0.4, -0.2) is 34.9 Å². The van der Waals surface area contributed by atoms with Gasteiger partial charge in [-0.3, -0.25) is 4.79 Å². The molecule has 1 aliphatic heterocycles. The van der Waals surface area contributed by atoms with Gasteiger partial charge in [0.1, 0.15) is 0 Å². The monoisotopic (exact) mass is 321 g/mol. The summed E-state index contributed by atoms with van der Waals surface area (Å²) in [4.78, 5) is 17.6. The molecule has 1 unspecified atom stereocenters. The number of nitrogens with two attached hydrogens (primary N) is 1. The Balaban J connectivity index is 0.00000176. The van der Waals surface area contributed by atoms with Crippen LogP contribution in [-0.2, 0) is 11.2 Å². The summed E-state index contributed by atoms with van der Waals surface area (Å²) in [6.07, 6.45) is 4.74. The van der Waals surface area contributed by atoms with Crippen molar-refractivity contribution in [3.05, 3.63) is 36.0 Å². The number of amides is 1. The molecule has 0 bridgehead atoms. The van der Waals surface area contributed by atoms with E-state index in [9.17, 15) is 4.79 Å². The average molecular weight is 322 g/mol. The van der Waals surface area contributed by atoms with Gasteiger partial charge < -0.3 is 15.6 Å². The number of rotatable bonds is 3. The molecule has 1 amide bonds. The summed E-state index contributed by atoms with van der Waals surface area (Å²) in [5.41, 5.74) is 8.38. The van der Waals surface area contributed by atoms with E-state index in [0.717, 1.165) is 48.3 Å². The lowest BCUT2D eigenvalue weighted by molar-refractivity contribution is -0.133. The number of aromatic amines is 1. The number of nitrogens with one attached hydrogen (secondary N) is 1. The molecule has 1 aromatic carbocycles. The fourth-order valence-corrected chi connectivity index (χ4v) is 3.09. The summed E-state index contributed by atoms with van der Waals surface area (Å²) in [5.74, 6) is 0.811. The van der Waals surface area contributed by atoms with Crippen molar-refractivity contribution >= 4 is 29.2 Å². The fraction of sp³-hybridized carbons (Fsp3) is 0.471. The summed E-state index contributed by atoms with van der Waals surface area (Å²) in [5, 5.41) is 1.16. The van der Waals surface area contributed by atoms with Crippen molar-refractivity contribution < 1.29 is 4.79 Å². The maximum absolute atomic E-state index is 12.5. The first-order chi connectivity index (χ1) is 10.1. The number of H-pyrrole nitrogens is 1. The summed E-state index contributed by atoms with van der Waals surface area (Å²) in [6.45, 7) is 3.94. The van der Waals surface area contributed by atoms with E-state index < -0.39 is 6.04 Å². The zero-order chi connectivity index (χ0) is 14.8. The van der Waals surface area contributed by atoms with E-state index in [0.29, 0.717) is 6.42 Å². The van der Waals surface area contributed by atoms with Crippen molar-refractivity contribution in [2.75, 3.05) is 13.1 Å². The van der Waals surface area contributed by atoms with Crippen LogP contribution in [0.15, 0.2) is 30.5 Å². The number of benzene rings is 1.